The van der Waals surface area contributed by atoms with Gasteiger partial charge in [0.15, 0.2) is 11.3 Å². The molecule has 8 heteroatoms. The molecule has 0 fully saturated rings. The van der Waals surface area contributed by atoms with E-state index >= 15 is 0 Å². The van der Waals surface area contributed by atoms with Gasteiger partial charge in [-0.1, -0.05) is 12.1 Å². The average Bonchev–Trinajstić information content (AvgIpc) is 3.18. The molecule has 4 rings (SSSR count). The molecule has 0 aliphatic carbocycles. The van der Waals surface area contributed by atoms with Gasteiger partial charge in [-0.2, -0.15) is 9.61 Å². The Kier molecular flexibility index (Phi) is 2.62. The van der Waals surface area contributed by atoms with Crippen molar-refractivity contribution in [3.8, 4) is 22.5 Å². The zero-order valence-corrected chi connectivity index (χ0v) is 11.1. The van der Waals surface area contributed by atoms with Gasteiger partial charge in [-0.25, -0.2) is 4.39 Å². The Bertz CT molecular complexity index is 1000. The van der Waals surface area contributed by atoms with Crippen LogP contribution in [-0.2, 0) is 0 Å². The van der Waals surface area contributed by atoms with Crippen molar-refractivity contribution in [2.24, 2.45) is 0 Å². The van der Waals surface area contributed by atoms with Crippen LogP contribution in [0.15, 0.2) is 47.5 Å². The molecule has 0 radical (unpaired) electrons. The highest BCUT2D eigenvalue weighted by molar-refractivity contribution is 5.76. The van der Waals surface area contributed by atoms with Gasteiger partial charge in [-0.15, -0.1) is 10.2 Å². The standard InChI is InChI=1S/C14H9FN6O/c15-9-3-1-8(2-4-9)10-7-17-21-13(10)20-19-12(14(21)22)11-5-6-16-18-11/h1-7,17H,(H,16,18). The van der Waals surface area contributed by atoms with E-state index in [0.717, 1.165) is 5.56 Å². The number of nitrogens with zero attached hydrogens (tertiary/aromatic N) is 4. The first kappa shape index (κ1) is 12.5. The predicted molar refractivity (Wildman–Crippen MR) is 76.6 cm³/mol. The lowest BCUT2D eigenvalue weighted by Gasteiger charge is -1.99. The number of H-pyrrole nitrogens is 2. The topological polar surface area (TPSA) is 91.7 Å². The van der Waals surface area contributed by atoms with Crippen molar-refractivity contribution in [1.29, 1.82) is 0 Å². The lowest BCUT2D eigenvalue weighted by atomic mass is 10.1. The quantitative estimate of drug-likeness (QED) is 0.588. The summed E-state index contributed by atoms with van der Waals surface area (Å²) < 4.78 is 14.3. The number of rotatable bonds is 2. The molecule has 0 aliphatic rings. The molecular weight excluding hydrogens is 287 g/mol. The van der Waals surface area contributed by atoms with Crippen LogP contribution < -0.4 is 5.56 Å². The molecule has 108 valence electrons. The number of aromatic amines is 2. The van der Waals surface area contributed by atoms with Crippen LogP contribution in [0.25, 0.3) is 28.2 Å². The number of nitrogens with one attached hydrogen (secondary N) is 2. The summed E-state index contributed by atoms with van der Waals surface area (Å²) in [5, 5.41) is 17.4. The molecule has 0 aliphatic heterocycles. The molecule has 0 unspecified atom stereocenters. The minimum atomic E-state index is -0.345. The van der Waals surface area contributed by atoms with Gasteiger partial charge in [0.25, 0.3) is 0 Å². The van der Waals surface area contributed by atoms with Crippen LogP contribution in [0.5, 0.6) is 0 Å². The lowest BCUT2D eigenvalue weighted by Crippen LogP contribution is -2.19. The van der Waals surface area contributed by atoms with E-state index in [2.05, 4.69) is 25.5 Å². The summed E-state index contributed by atoms with van der Waals surface area (Å²) in [5.41, 5.74) is 2.10. The first-order valence-electron chi connectivity index (χ1n) is 6.46. The summed E-state index contributed by atoms with van der Waals surface area (Å²) in [7, 11) is 0. The van der Waals surface area contributed by atoms with Crippen LogP contribution in [0, 0.1) is 5.82 Å². The first-order chi connectivity index (χ1) is 10.7. The predicted octanol–water partition coefficient (Wildman–Crippen LogP) is 1.61. The Morgan fingerprint density at radius 3 is 2.64 bits per heavy atom. The van der Waals surface area contributed by atoms with Gasteiger partial charge < -0.3 is 0 Å². The number of aromatic nitrogens is 6. The molecule has 4 aromatic rings. The van der Waals surface area contributed by atoms with Crippen LogP contribution in [-0.4, -0.2) is 30.0 Å². The van der Waals surface area contributed by atoms with Crippen molar-refractivity contribution in [2.45, 2.75) is 0 Å². The number of halogens is 1. The number of hydrogen-bond donors (Lipinski definition) is 2. The molecule has 0 saturated heterocycles. The molecule has 0 atom stereocenters. The van der Waals surface area contributed by atoms with Crippen molar-refractivity contribution in [3.63, 3.8) is 0 Å². The van der Waals surface area contributed by atoms with Gasteiger partial charge in [0.05, 0.1) is 5.69 Å². The Labute approximate surface area is 122 Å². The summed E-state index contributed by atoms with van der Waals surface area (Å²) in [6.45, 7) is 0. The van der Waals surface area contributed by atoms with Crippen molar-refractivity contribution in [3.05, 3.63) is 58.9 Å². The van der Waals surface area contributed by atoms with Crippen molar-refractivity contribution in [1.82, 2.24) is 30.0 Å². The van der Waals surface area contributed by atoms with E-state index in [0.29, 0.717) is 16.9 Å². The summed E-state index contributed by atoms with van der Waals surface area (Å²) >= 11 is 0. The molecule has 1 aromatic carbocycles. The molecule has 0 spiro atoms. The second-order valence-electron chi connectivity index (χ2n) is 4.68. The zero-order valence-electron chi connectivity index (χ0n) is 11.1. The highest BCUT2D eigenvalue weighted by Gasteiger charge is 2.15. The van der Waals surface area contributed by atoms with Crippen LogP contribution >= 0.6 is 0 Å². The normalized spacial score (nSPS) is 11.1. The smallest absolute Gasteiger partial charge is 0.296 e. The molecule has 22 heavy (non-hydrogen) atoms. The Morgan fingerprint density at radius 2 is 1.91 bits per heavy atom. The van der Waals surface area contributed by atoms with E-state index in [1.807, 2.05) is 0 Å². The molecule has 0 amide bonds. The second-order valence-corrected chi connectivity index (χ2v) is 4.68. The van der Waals surface area contributed by atoms with Crippen molar-refractivity contribution < 1.29 is 4.39 Å². The SMILES string of the molecule is O=c1c(-c2ccn[nH]2)nnc2c(-c3ccc(F)cc3)c[nH]n12. The summed E-state index contributed by atoms with van der Waals surface area (Å²) in [6, 6.07) is 7.58. The van der Waals surface area contributed by atoms with Crippen LogP contribution in [0.4, 0.5) is 4.39 Å². The number of fused-ring (bicyclic) bond motifs is 1. The maximum Gasteiger partial charge on any atom is 0.301 e. The Balaban J connectivity index is 1.92. The third kappa shape index (κ3) is 1.81. The highest BCUT2D eigenvalue weighted by Crippen LogP contribution is 2.22. The largest absolute Gasteiger partial charge is 0.301 e. The molecule has 0 saturated carbocycles. The van der Waals surface area contributed by atoms with Crippen LogP contribution in [0.3, 0.4) is 0 Å². The van der Waals surface area contributed by atoms with Gasteiger partial charge in [0.2, 0.25) is 0 Å². The van der Waals surface area contributed by atoms with Gasteiger partial charge in [0.1, 0.15) is 5.82 Å². The fourth-order valence-corrected chi connectivity index (χ4v) is 2.27. The third-order valence-electron chi connectivity index (χ3n) is 3.35. The monoisotopic (exact) mass is 296 g/mol. The Hall–Kier alpha value is -3.29. The second kappa shape index (κ2) is 4.62. The zero-order chi connectivity index (χ0) is 15.1. The fourth-order valence-electron chi connectivity index (χ4n) is 2.27. The molecule has 7 nitrogen and oxygen atoms in total. The van der Waals surface area contributed by atoms with Gasteiger partial charge in [-0.3, -0.25) is 15.0 Å². The molecule has 0 bridgehead atoms. The summed E-state index contributed by atoms with van der Waals surface area (Å²) in [4.78, 5) is 12.4. The van der Waals surface area contributed by atoms with Gasteiger partial charge in [-0.05, 0) is 23.8 Å². The lowest BCUT2D eigenvalue weighted by molar-refractivity contribution is 0.628. The summed E-state index contributed by atoms with van der Waals surface area (Å²) in [6.07, 6.45) is 3.17. The van der Waals surface area contributed by atoms with Crippen LogP contribution in [0.2, 0.25) is 0 Å². The van der Waals surface area contributed by atoms with E-state index in [4.69, 9.17) is 0 Å². The maximum absolute atomic E-state index is 13.0. The van der Waals surface area contributed by atoms with Gasteiger partial charge >= 0.3 is 5.56 Å². The average molecular weight is 296 g/mol. The first-order valence-corrected chi connectivity index (χ1v) is 6.46. The third-order valence-corrected chi connectivity index (χ3v) is 3.35. The Morgan fingerprint density at radius 1 is 1.09 bits per heavy atom. The van der Waals surface area contributed by atoms with E-state index in [-0.39, 0.29) is 17.1 Å². The molecular formula is C14H9FN6O. The van der Waals surface area contributed by atoms with Crippen molar-refractivity contribution >= 4 is 5.65 Å². The van der Waals surface area contributed by atoms with Crippen molar-refractivity contribution in [2.75, 3.05) is 0 Å². The van der Waals surface area contributed by atoms with E-state index in [1.165, 1.54) is 22.8 Å². The number of hydrogen-bond acceptors (Lipinski definition) is 4. The fraction of sp³-hybridized carbons (Fsp3) is 0. The number of benzene rings is 1. The van der Waals surface area contributed by atoms with E-state index in [1.54, 1.807) is 24.4 Å². The molecule has 2 N–H and O–H groups in total. The van der Waals surface area contributed by atoms with E-state index in [9.17, 15) is 9.18 Å². The molecule has 3 aromatic heterocycles. The highest BCUT2D eigenvalue weighted by atomic mass is 19.1. The van der Waals surface area contributed by atoms with Gasteiger partial charge in [0, 0.05) is 18.0 Å². The maximum atomic E-state index is 13.0. The minimum absolute atomic E-state index is 0.169. The summed E-state index contributed by atoms with van der Waals surface area (Å²) in [5.74, 6) is -0.326. The van der Waals surface area contributed by atoms with E-state index < -0.39 is 0 Å². The van der Waals surface area contributed by atoms with Crippen LogP contribution in [0.1, 0.15) is 0 Å². The minimum Gasteiger partial charge on any atom is -0.296 e. The molecule has 3 heterocycles.